The third-order valence-corrected chi connectivity index (χ3v) is 5.00. The van der Waals surface area contributed by atoms with Crippen molar-refractivity contribution in [2.24, 2.45) is 0 Å². The van der Waals surface area contributed by atoms with Crippen LogP contribution in [0.15, 0.2) is 23.1 Å². The van der Waals surface area contributed by atoms with Crippen LogP contribution in [0.25, 0.3) is 0 Å². The summed E-state index contributed by atoms with van der Waals surface area (Å²) in [4.78, 5) is 21.9. The number of aryl methyl sites for hydroxylation is 1. The van der Waals surface area contributed by atoms with Crippen LogP contribution in [0.1, 0.15) is 12.0 Å². The van der Waals surface area contributed by atoms with Crippen molar-refractivity contribution in [1.82, 2.24) is 4.31 Å². The highest BCUT2D eigenvalue weighted by molar-refractivity contribution is 7.89. The van der Waals surface area contributed by atoms with Crippen LogP contribution < -0.4 is 0 Å². The molecule has 0 bridgehead atoms. The lowest BCUT2D eigenvalue weighted by Gasteiger charge is -2.19. The number of nitrogens with zero attached hydrogens (tertiary/aromatic N) is 1. The largest absolute Gasteiger partial charge is 0.508 e. The molecule has 1 aliphatic heterocycles. The summed E-state index contributed by atoms with van der Waals surface area (Å²) in [7, 11) is -4.03. The lowest BCUT2D eigenvalue weighted by Crippen LogP contribution is -2.38. The van der Waals surface area contributed by atoms with Crippen molar-refractivity contribution in [2.75, 3.05) is 6.73 Å². The third kappa shape index (κ3) is 2.39. The average molecular weight is 299 g/mol. The first kappa shape index (κ1) is 14.5. The number of esters is 1. The van der Waals surface area contributed by atoms with Crippen molar-refractivity contribution >= 4 is 22.3 Å². The molecule has 0 radical (unpaired) electrons. The number of aldehydes is 1. The van der Waals surface area contributed by atoms with Gasteiger partial charge in [0, 0.05) is 12.5 Å². The molecule has 8 heteroatoms. The van der Waals surface area contributed by atoms with Crippen LogP contribution >= 0.6 is 0 Å². The second-order valence-electron chi connectivity index (χ2n) is 4.35. The molecule has 0 unspecified atom stereocenters. The number of sulfonamides is 1. The van der Waals surface area contributed by atoms with Crippen LogP contribution in [0.2, 0.25) is 0 Å². The van der Waals surface area contributed by atoms with Crippen molar-refractivity contribution < 1.29 is 27.9 Å². The molecular formula is C12H13NO6S. The van der Waals surface area contributed by atoms with Crippen LogP contribution in [-0.2, 0) is 24.3 Å². The number of ether oxygens (including phenoxy) is 1. The molecule has 1 heterocycles. The predicted molar refractivity (Wildman–Crippen MR) is 67.3 cm³/mol. The minimum Gasteiger partial charge on any atom is -0.508 e. The van der Waals surface area contributed by atoms with Crippen LogP contribution in [-0.4, -0.2) is 42.9 Å². The molecular weight excluding hydrogens is 286 g/mol. The van der Waals surface area contributed by atoms with E-state index in [1.165, 1.54) is 12.1 Å². The van der Waals surface area contributed by atoms with E-state index in [1.807, 2.05) is 0 Å². The summed E-state index contributed by atoms with van der Waals surface area (Å²) in [6.07, 6.45) is 0.199. The Morgan fingerprint density at radius 3 is 2.85 bits per heavy atom. The number of carbonyl (C=O) groups excluding carboxylic acids is 2. The summed E-state index contributed by atoms with van der Waals surface area (Å²) >= 11 is 0. The Morgan fingerprint density at radius 1 is 1.50 bits per heavy atom. The molecule has 0 saturated carbocycles. The standard InChI is InChI=1S/C12H13NO6S/c1-8-2-3-9(15)6-11(8)20(17,18)13-7-19-12(16)10(13)4-5-14/h2-3,5-6,10,15H,4,7H2,1H3/t10-/m0/s1. The van der Waals surface area contributed by atoms with Crippen molar-refractivity contribution in [2.45, 2.75) is 24.3 Å². The van der Waals surface area contributed by atoms with Gasteiger partial charge >= 0.3 is 5.97 Å². The number of hydrogen-bond acceptors (Lipinski definition) is 6. The van der Waals surface area contributed by atoms with Crippen molar-refractivity contribution in [1.29, 1.82) is 0 Å². The number of rotatable bonds is 4. The Morgan fingerprint density at radius 2 is 2.20 bits per heavy atom. The number of hydrogen-bond donors (Lipinski definition) is 1. The molecule has 1 fully saturated rings. The van der Waals surface area contributed by atoms with E-state index in [0.717, 1.165) is 10.4 Å². The van der Waals surface area contributed by atoms with Gasteiger partial charge in [-0.15, -0.1) is 4.31 Å². The van der Waals surface area contributed by atoms with Crippen molar-refractivity contribution in [3.63, 3.8) is 0 Å². The highest BCUT2D eigenvalue weighted by Crippen LogP contribution is 2.28. The normalized spacial score (nSPS) is 19.9. The molecule has 0 spiro atoms. The number of cyclic esters (lactones) is 1. The van der Waals surface area contributed by atoms with Gasteiger partial charge in [0.1, 0.15) is 18.1 Å². The van der Waals surface area contributed by atoms with E-state index in [2.05, 4.69) is 0 Å². The Kier molecular flexibility index (Phi) is 3.78. The fourth-order valence-corrected chi connectivity index (χ4v) is 3.66. The molecule has 0 aliphatic carbocycles. The zero-order chi connectivity index (χ0) is 14.9. The van der Waals surface area contributed by atoms with Gasteiger partial charge < -0.3 is 14.6 Å². The third-order valence-electron chi connectivity index (χ3n) is 3.03. The molecule has 0 amide bonds. The summed E-state index contributed by atoms with van der Waals surface area (Å²) < 4.78 is 30.5. The van der Waals surface area contributed by atoms with Gasteiger partial charge in [0.15, 0.2) is 6.73 Å². The topological polar surface area (TPSA) is 101 Å². The minimum absolute atomic E-state index is 0.119. The molecule has 108 valence electrons. The van der Waals surface area contributed by atoms with Gasteiger partial charge in [-0.25, -0.2) is 8.42 Å². The quantitative estimate of drug-likeness (QED) is 0.628. The molecule has 7 nitrogen and oxygen atoms in total. The second kappa shape index (κ2) is 5.22. The minimum atomic E-state index is -4.03. The molecule has 20 heavy (non-hydrogen) atoms. The second-order valence-corrected chi connectivity index (χ2v) is 6.21. The summed E-state index contributed by atoms with van der Waals surface area (Å²) in [5.41, 5.74) is 0.423. The van der Waals surface area contributed by atoms with E-state index in [0.29, 0.717) is 11.8 Å². The first-order valence-corrected chi connectivity index (χ1v) is 7.23. The molecule has 1 atom stereocenters. The van der Waals surface area contributed by atoms with E-state index >= 15 is 0 Å². The SMILES string of the molecule is Cc1ccc(O)cc1S(=O)(=O)N1COC(=O)[C@@H]1CC=O. The van der Waals surface area contributed by atoms with Gasteiger partial charge in [-0.3, -0.25) is 4.79 Å². The summed E-state index contributed by atoms with van der Waals surface area (Å²) in [5.74, 6) is -0.953. The smallest absolute Gasteiger partial charge is 0.326 e. The first-order valence-electron chi connectivity index (χ1n) is 5.79. The Hall–Kier alpha value is -1.93. The van der Waals surface area contributed by atoms with Crippen LogP contribution in [0.5, 0.6) is 5.75 Å². The Labute approximate surface area is 115 Å². The lowest BCUT2D eigenvalue weighted by atomic mass is 10.2. The van der Waals surface area contributed by atoms with Crippen molar-refractivity contribution in [3.8, 4) is 5.75 Å². The molecule has 2 rings (SSSR count). The molecule has 0 aromatic heterocycles. The monoisotopic (exact) mass is 299 g/mol. The molecule has 1 N–H and O–H groups in total. The van der Waals surface area contributed by atoms with Gasteiger partial charge in [-0.05, 0) is 18.6 Å². The summed E-state index contributed by atoms with van der Waals surface area (Å²) in [6, 6.07) is 2.77. The summed E-state index contributed by atoms with van der Waals surface area (Å²) in [5, 5.41) is 9.43. The zero-order valence-corrected chi connectivity index (χ0v) is 11.5. The number of phenols is 1. The lowest BCUT2D eigenvalue weighted by molar-refractivity contribution is -0.139. The van der Waals surface area contributed by atoms with Crippen LogP contribution in [0, 0.1) is 6.92 Å². The van der Waals surface area contributed by atoms with Crippen LogP contribution in [0.3, 0.4) is 0 Å². The maximum atomic E-state index is 12.5. The number of carbonyl (C=O) groups is 2. The molecule has 1 aliphatic rings. The fraction of sp³-hybridized carbons (Fsp3) is 0.333. The number of aromatic hydroxyl groups is 1. The molecule has 1 saturated heterocycles. The fourth-order valence-electron chi connectivity index (χ4n) is 1.97. The van der Waals surface area contributed by atoms with E-state index in [-0.39, 0.29) is 17.1 Å². The van der Waals surface area contributed by atoms with Gasteiger partial charge in [0.05, 0.1) is 4.90 Å². The maximum Gasteiger partial charge on any atom is 0.326 e. The van der Waals surface area contributed by atoms with Gasteiger partial charge in [0.25, 0.3) is 0 Å². The zero-order valence-electron chi connectivity index (χ0n) is 10.6. The maximum absolute atomic E-state index is 12.5. The van der Waals surface area contributed by atoms with Gasteiger partial charge in [-0.1, -0.05) is 6.07 Å². The summed E-state index contributed by atoms with van der Waals surface area (Å²) in [6.45, 7) is 1.13. The Bertz CT molecular complexity index is 654. The van der Waals surface area contributed by atoms with Gasteiger partial charge in [-0.2, -0.15) is 0 Å². The molecule has 1 aromatic rings. The number of benzene rings is 1. The van der Waals surface area contributed by atoms with E-state index in [1.54, 1.807) is 6.92 Å². The highest BCUT2D eigenvalue weighted by Gasteiger charge is 2.43. The predicted octanol–water partition coefficient (Wildman–Crippen LogP) is 0.163. The number of phenolic OH excluding ortho intramolecular Hbond substituents is 1. The first-order chi connectivity index (χ1) is 9.37. The van der Waals surface area contributed by atoms with E-state index in [4.69, 9.17) is 4.74 Å². The van der Waals surface area contributed by atoms with E-state index in [9.17, 15) is 23.1 Å². The Balaban J connectivity index is 2.47. The van der Waals surface area contributed by atoms with E-state index < -0.39 is 28.8 Å². The molecule has 1 aromatic carbocycles. The van der Waals surface area contributed by atoms with Crippen molar-refractivity contribution in [3.05, 3.63) is 23.8 Å². The van der Waals surface area contributed by atoms with Gasteiger partial charge in [0.2, 0.25) is 10.0 Å². The van der Waals surface area contributed by atoms with Crippen LogP contribution in [0.4, 0.5) is 0 Å². The average Bonchev–Trinajstić information content (AvgIpc) is 2.75. The highest BCUT2D eigenvalue weighted by atomic mass is 32.2.